The molecule has 0 radical (unpaired) electrons. The second-order valence-corrected chi connectivity index (χ2v) is 3.97. The Kier molecular flexibility index (Phi) is 2.54. The van der Waals surface area contributed by atoms with Crippen molar-refractivity contribution < 1.29 is 4.79 Å². The van der Waals surface area contributed by atoms with Crippen LogP contribution in [0.2, 0.25) is 0 Å². The molecule has 0 saturated carbocycles. The molecule has 0 fully saturated rings. The van der Waals surface area contributed by atoms with Gasteiger partial charge in [-0.25, -0.2) is 4.98 Å². The van der Waals surface area contributed by atoms with Crippen LogP contribution in [0.15, 0.2) is 24.7 Å². The third-order valence-electron chi connectivity index (χ3n) is 2.59. The number of hydrogen-bond donors (Lipinski definition) is 0. The molecule has 3 heteroatoms. The molecule has 0 atom stereocenters. The van der Waals surface area contributed by atoms with Crippen LogP contribution >= 0.6 is 0 Å². The Morgan fingerprint density at radius 3 is 3.00 bits per heavy atom. The third-order valence-corrected chi connectivity index (χ3v) is 2.59. The Hall–Kier alpha value is -1.64. The van der Waals surface area contributed by atoms with Crippen LogP contribution in [0, 0.1) is 0 Å². The molecule has 0 amide bonds. The van der Waals surface area contributed by atoms with Gasteiger partial charge >= 0.3 is 0 Å². The van der Waals surface area contributed by atoms with E-state index in [1.807, 2.05) is 10.6 Å². The van der Waals surface area contributed by atoms with Crippen LogP contribution in [-0.2, 0) is 11.2 Å². The zero-order valence-electron chi connectivity index (χ0n) is 8.97. The van der Waals surface area contributed by atoms with E-state index in [0.29, 0.717) is 12.3 Å². The minimum Gasteiger partial charge on any atom is -0.306 e. The molecule has 0 N–H and O–H groups in total. The van der Waals surface area contributed by atoms with Crippen LogP contribution in [-0.4, -0.2) is 15.7 Å². The average molecular weight is 202 g/mol. The lowest BCUT2D eigenvalue weighted by Crippen LogP contribution is -1.92. The summed E-state index contributed by atoms with van der Waals surface area (Å²) in [5.41, 5.74) is 3.16. The topological polar surface area (TPSA) is 34.4 Å². The number of aldehydes is 1. The first-order chi connectivity index (χ1) is 7.22. The summed E-state index contributed by atoms with van der Waals surface area (Å²) < 4.78 is 1.95. The lowest BCUT2D eigenvalue weighted by molar-refractivity contribution is -0.107. The molecule has 0 spiro atoms. The normalized spacial score (nSPS) is 11.1. The fraction of sp³-hybridized carbons (Fsp3) is 0.333. The molecule has 0 aliphatic carbocycles. The number of imidazole rings is 1. The van der Waals surface area contributed by atoms with E-state index in [1.165, 1.54) is 5.56 Å². The fourth-order valence-electron chi connectivity index (χ4n) is 1.65. The molecule has 2 aromatic heterocycles. The number of fused-ring (bicyclic) bond motifs is 1. The van der Waals surface area contributed by atoms with Gasteiger partial charge in [0.05, 0.1) is 17.5 Å². The van der Waals surface area contributed by atoms with E-state index in [1.54, 1.807) is 6.33 Å². The predicted octanol–water partition coefficient (Wildman–Crippen LogP) is 2.20. The van der Waals surface area contributed by atoms with E-state index in [-0.39, 0.29) is 0 Å². The monoisotopic (exact) mass is 202 g/mol. The molecule has 0 bridgehead atoms. The van der Waals surface area contributed by atoms with Gasteiger partial charge in [-0.15, -0.1) is 0 Å². The summed E-state index contributed by atoms with van der Waals surface area (Å²) in [4.78, 5) is 14.7. The largest absolute Gasteiger partial charge is 0.306 e. The van der Waals surface area contributed by atoms with Crippen LogP contribution < -0.4 is 0 Å². The van der Waals surface area contributed by atoms with Gasteiger partial charge < -0.3 is 9.20 Å². The first-order valence-corrected chi connectivity index (χ1v) is 5.11. The van der Waals surface area contributed by atoms with Crippen molar-refractivity contribution in [3.8, 4) is 0 Å². The van der Waals surface area contributed by atoms with Crippen LogP contribution in [0.1, 0.15) is 31.0 Å². The second-order valence-electron chi connectivity index (χ2n) is 3.97. The van der Waals surface area contributed by atoms with Crippen LogP contribution in [0.3, 0.4) is 0 Å². The zero-order valence-corrected chi connectivity index (χ0v) is 8.97. The first-order valence-electron chi connectivity index (χ1n) is 5.11. The van der Waals surface area contributed by atoms with Crippen molar-refractivity contribution in [3.05, 3.63) is 35.9 Å². The summed E-state index contributed by atoms with van der Waals surface area (Å²) >= 11 is 0. The summed E-state index contributed by atoms with van der Waals surface area (Å²) in [6, 6.07) is 4.19. The van der Waals surface area contributed by atoms with Crippen molar-refractivity contribution in [3.63, 3.8) is 0 Å². The smallest absolute Gasteiger partial charge is 0.126 e. The lowest BCUT2D eigenvalue weighted by Gasteiger charge is -2.05. The molecule has 0 aromatic carbocycles. The molecule has 2 aromatic rings. The molecule has 2 heterocycles. The maximum Gasteiger partial charge on any atom is 0.126 e. The maximum absolute atomic E-state index is 10.5. The van der Waals surface area contributed by atoms with Gasteiger partial charge in [-0.1, -0.05) is 13.8 Å². The summed E-state index contributed by atoms with van der Waals surface area (Å²) in [7, 11) is 0. The van der Waals surface area contributed by atoms with Crippen molar-refractivity contribution >= 4 is 11.8 Å². The average Bonchev–Trinajstić information content (AvgIpc) is 2.61. The minimum atomic E-state index is 0.387. The molecule has 3 nitrogen and oxygen atoms in total. The highest BCUT2D eigenvalue weighted by molar-refractivity contribution is 5.63. The Morgan fingerprint density at radius 1 is 1.53 bits per heavy atom. The van der Waals surface area contributed by atoms with Gasteiger partial charge in [0, 0.05) is 12.6 Å². The third kappa shape index (κ3) is 1.77. The summed E-state index contributed by atoms with van der Waals surface area (Å²) in [5.74, 6) is 0.494. The quantitative estimate of drug-likeness (QED) is 0.715. The first kappa shape index (κ1) is 9.90. The van der Waals surface area contributed by atoms with Gasteiger partial charge in [0.25, 0.3) is 0 Å². The van der Waals surface area contributed by atoms with E-state index in [9.17, 15) is 4.79 Å². The van der Waals surface area contributed by atoms with Crippen LogP contribution in [0.25, 0.3) is 5.52 Å². The van der Waals surface area contributed by atoms with Gasteiger partial charge in [-0.2, -0.15) is 0 Å². The molecule has 15 heavy (non-hydrogen) atoms. The predicted molar refractivity (Wildman–Crippen MR) is 59.0 cm³/mol. The Labute approximate surface area is 88.8 Å². The second kappa shape index (κ2) is 3.85. The van der Waals surface area contributed by atoms with Gasteiger partial charge in [0.1, 0.15) is 6.29 Å². The summed E-state index contributed by atoms with van der Waals surface area (Å²) in [6.45, 7) is 4.31. The van der Waals surface area contributed by atoms with Gasteiger partial charge in [0.15, 0.2) is 0 Å². The van der Waals surface area contributed by atoms with Crippen molar-refractivity contribution in [2.45, 2.75) is 26.2 Å². The number of nitrogens with zero attached hydrogens (tertiary/aromatic N) is 2. The molecule has 2 rings (SSSR count). The van der Waals surface area contributed by atoms with Gasteiger partial charge in [0.2, 0.25) is 0 Å². The molecule has 0 aliphatic heterocycles. The van der Waals surface area contributed by atoms with Gasteiger partial charge in [-0.3, -0.25) is 0 Å². The van der Waals surface area contributed by atoms with Crippen LogP contribution in [0.4, 0.5) is 0 Å². The van der Waals surface area contributed by atoms with Crippen molar-refractivity contribution in [1.29, 1.82) is 0 Å². The molecular formula is C12H14N2O. The molecular weight excluding hydrogens is 188 g/mol. The maximum atomic E-state index is 10.5. The highest BCUT2D eigenvalue weighted by Gasteiger charge is 2.06. The van der Waals surface area contributed by atoms with E-state index in [2.05, 4.69) is 31.0 Å². The number of rotatable bonds is 3. The van der Waals surface area contributed by atoms with Gasteiger partial charge in [-0.05, 0) is 23.6 Å². The zero-order chi connectivity index (χ0) is 10.8. The number of pyridine rings is 1. The number of hydrogen-bond acceptors (Lipinski definition) is 2. The van der Waals surface area contributed by atoms with E-state index in [4.69, 9.17) is 0 Å². The van der Waals surface area contributed by atoms with Crippen molar-refractivity contribution in [1.82, 2.24) is 9.38 Å². The van der Waals surface area contributed by atoms with Crippen molar-refractivity contribution in [2.75, 3.05) is 0 Å². The van der Waals surface area contributed by atoms with Crippen molar-refractivity contribution in [2.24, 2.45) is 0 Å². The Bertz CT molecular complexity index is 485. The number of carbonyl (C=O) groups is 1. The Balaban J connectivity index is 2.56. The molecule has 78 valence electrons. The summed E-state index contributed by atoms with van der Waals surface area (Å²) in [6.07, 6.45) is 5.02. The van der Waals surface area contributed by atoms with E-state index in [0.717, 1.165) is 17.5 Å². The SMILES string of the molecule is CC(C)c1ccn2cnc(CC=O)c2c1. The van der Waals surface area contributed by atoms with E-state index >= 15 is 0 Å². The minimum absolute atomic E-state index is 0.387. The summed E-state index contributed by atoms with van der Waals surface area (Å²) in [5, 5.41) is 0. The molecule has 0 saturated heterocycles. The highest BCUT2D eigenvalue weighted by atomic mass is 16.1. The number of aromatic nitrogens is 2. The molecule has 0 unspecified atom stereocenters. The van der Waals surface area contributed by atoms with Crippen LogP contribution in [0.5, 0.6) is 0 Å². The van der Waals surface area contributed by atoms with E-state index < -0.39 is 0 Å². The number of carbonyl (C=O) groups excluding carboxylic acids is 1. The fourth-order valence-corrected chi connectivity index (χ4v) is 1.65. The lowest BCUT2D eigenvalue weighted by atomic mass is 10.0. The Morgan fingerprint density at radius 2 is 2.33 bits per heavy atom. The highest BCUT2D eigenvalue weighted by Crippen LogP contribution is 2.18. The molecule has 0 aliphatic rings. The standard InChI is InChI=1S/C12H14N2O/c1-9(2)10-3-5-14-8-13-11(4-6-15)12(14)7-10/h3,5-9H,4H2,1-2H3.